The normalized spacial score (nSPS) is 26.4. The maximum Gasteiger partial charge on any atom is 0.138 e. The van der Waals surface area contributed by atoms with Crippen LogP contribution in [0.5, 0.6) is 0 Å². The largest absolute Gasteiger partial charge is 0.317 e. The van der Waals surface area contributed by atoms with Crippen LogP contribution in [0.1, 0.15) is 24.8 Å². The summed E-state index contributed by atoms with van der Waals surface area (Å²) in [7, 11) is 0. The summed E-state index contributed by atoms with van der Waals surface area (Å²) in [4.78, 5) is 0. The van der Waals surface area contributed by atoms with E-state index in [2.05, 4.69) is 5.32 Å². The van der Waals surface area contributed by atoms with Crippen LogP contribution in [-0.2, 0) is 5.67 Å². The fraction of sp³-hybridized carbons (Fsp3) is 0.500. The Kier molecular flexibility index (Phi) is 3.73. The molecule has 1 unspecified atom stereocenters. The first-order valence-electron chi connectivity index (χ1n) is 5.48. The van der Waals surface area contributed by atoms with Crippen LogP contribution in [0.4, 0.5) is 4.39 Å². The van der Waals surface area contributed by atoms with Crippen LogP contribution in [0, 0.1) is 0 Å². The average Bonchev–Trinajstić information content (AvgIpc) is 2.48. The molecule has 1 aromatic rings. The van der Waals surface area contributed by atoms with E-state index in [0.717, 1.165) is 13.0 Å². The summed E-state index contributed by atoms with van der Waals surface area (Å²) in [6.45, 7) is 1.54. The summed E-state index contributed by atoms with van der Waals surface area (Å²) in [5.74, 6) is 0. The summed E-state index contributed by atoms with van der Waals surface area (Å²) in [5, 5.41) is 3.97. The van der Waals surface area contributed by atoms with Gasteiger partial charge in [0.15, 0.2) is 0 Å². The summed E-state index contributed by atoms with van der Waals surface area (Å²) < 4.78 is 14.8. The first kappa shape index (κ1) is 12.2. The first-order chi connectivity index (χ1) is 7.63. The molecule has 1 atom stereocenters. The zero-order chi connectivity index (χ0) is 11.6. The van der Waals surface area contributed by atoms with Crippen LogP contribution in [0.3, 0.4) is 0 Å². The molecule has 1 aromatic carbocycles. The Bertz CT molecular complexity index is 373. The number of hydrogen-bond donors (Lipinski definition) is 1. The molecule has 0 spiro atoms. The Morgan fingerprint density at radius 3 is 2.81 bits per heavy atom. The van der Waals surface area contributed by atoms with Crippen molar-refractivity contribution in [2.75, 3.05) is 13.1 Å². The second-order valence-electron chi connectivity index (χ2n) is 4.17. The minimum atomic E-state index is -1.34. The Balaban J connectivity index is 2.37. The lowest BCUT2D eigenvalue weighted by Crippen LogP contribution is -2.22. The van der Waals surface area contributed by atoms with E-state index in [0.29, 0.717) is 35.0 Å². The molecule has 0 aromatic heterocycles. The van der Waals surface area contributed by atoms with Gasteiger partial charge in [-0.2, -0.15) is 0 Å². The molecule has 0 amide bonds. The summed E-state index contributed by atoms with van der Waals surface area (Å²) in [6.07, 6.45) is 1.77. The van der Waals surface area contributed by atoms with Crippen LogP contribution in [-0.4, -0.2) is 13.1 Å². The van der Waals surface area contributed by atoms with Crippen molar-refractivity contribution in [2.45, 2.75) is 24.9 Å². The van der Waals surface area contributed by atoms with Crippen molar-refractivity contribution in [1.29, 1.82) is 0 Å². The zero-order valence-corrected chi connectivity index (χ0v) is 10.4. The van der Waals surface area contributed by atoms with Crippen molar-refractivity contribution < 1.29 is 4.39 Å². The molecule has 1 aliphatic heterocycles. The molecule has 0 saturated carbocycles. The predicted molar refractivity (Wildman–Crippen MR) is 66.0 cm³/mol. The van der Waals surface area contributed by atoms with Crippen LogP contribution in [0.2, 0.25) is 10.0 Å². The molecule has 1 N–H and O–H groups in total. The summed E-state index contributed by atoms with van der Waals surface area (Å²) in [5.41, 5.74) is -0.809. The van der Waals surface area contributed by atoms with E-state index in [1.54, 1.807) is 18.2 Å². The highest BCUT2D eigenvalue weighted by atomic mass is 35.5. The number of rotatable bonds is 1. The Labute approximate surface area is 105 Å². The maximum atomic E-state index is 14.8. The molecule has 2 rings (SSSR count). The van der Waals surface area contributed by atoms with Crippen molar-refractivity contribution in [2.24, 2.45) is 0 Å². The monoisotopic (exact) mass is 261 g/mol. The second-order valence-corrected chi connectivity index (χ2v) is 4.96. The highest BCUT2D eigenvalue weighted by Gasteiger charge is 2.34. The van der Waals surface area contributed by atoms with Gasteiger partial charge in [-0.05, 0) is 38.4 Å². The third-order valence-corrected chi connectivity index (χ3v) is 3.88. The second kappa shape index (κ2) is 4.91. The third kappa shape index (κ3) is 2.34. The van der Waals surface area contributed by atoms with E-state index in [9.17, 15) is 4.39 Å². The minimum Gasteiger partial charge on any atom is -0.317 e. The van der Waals surface area contributed by atoms with Crippen LogP contribution in [0.25, 0.3) is 0 Å². The number of alkyl halides is 1. The maximum absolute atomic E-state index is 14.8. The van der Waals surface area contributed by atoms with Crippen LogP contribution in [0.15, 0.2) is 18.2 Å². The smallest absolute Gasteiger partial charge is 0.138 e. The van der Waals surface area contributed by atoms with Gasteiger partial charge in [0, 0.05) is 5.56 Å². The van der Waals surface area contributed by atoms with E-state index in [4.69, 9.17) is 23.2 Å². The first-order valence-corrected chi connectivity index (χ1v) is 6.23. The zero-order valence-electron chi connectivity index (χ0n) is 8.90. The lowest BCUT2D eigenvalue weighted by Gasteiger charge is -2.25. The SMILES string of the molecule is FC1(c2cccc(Cl)c2Cl)CCCNCC1. The molecule has 1 saturated heterocycles. The number of hydrogen-bond acceptors (Lipinski definition) is 1. The molecular weight excluding hydrogens is 248 g/mol. The van der Waals surface area contributed by atoms with Gasteiger partial charge in [-0.1, -0.05) is 35.3 Å². The van der Waals surface area contributed by atoms with E-state index in [1.165, 1.54) is 0 Å². The lowest BCUT2D eigenvalue weighted by molar-refractivity contribution is 0.145. The molecule has 1 fully saturated rings. The van der Waals surface area contributed by atoms with Gasteiger partial charge in [0.25, 0.3) is 0 Å². The van der Waals surface area contributed by atoms with E-state index < -0.39 is 5.67 Å². The van der Waals surface area contributed by atoms with Gasteiger partial charge in [-0.15, -0.1) is 0 Å². The van der Waals surface area contributed by atoms with Crippen LogP contribution < -0.4 is 5.32 Å². The van der Waals surface area contributed by atoms with Crippen molar-refractivity contribution in [3.63, 3.8) is 0 Å². The quantitative estimate of drug-likeness (QED) is 0.808. The molecule has 1 aliphatic rings. The number of benzene rings is 1. The summed E-state index contributed by atoms with van der Waals surface area (Å²) >= 11 is 12.0. The van der Waals surface area contributed by atoms with Gasteiger partial charge < -0.3 is 5.32 Å². The van der Waals surface area contributed by atoms with Crippen molar-refractivity contribution in [3.8, 4) is 0 Å². The van der Waals surface area contributed by atoms with Gasteiger partial charge in [0.05, 0.1) is 10.0 Å². The van der Waals surface area contributed by atoms with E-state index in [1.807, 2.05) is 0 Å². The molecule has 0 bridgehead atoms. The highest BCUT2D eigenvalue weighted by Crippen LogP contribution is 2.41. The standard InChI is InChI=1S/C12H14Cl2FN/c13-10-4-1-3-9(11(10)14)12(15)5-2-7-16-8-6-12/h1,3-4,16H,2,5-8H2. The number of nitrogens with one attached hydrogen (secondary N) is 1. The van der Waals surface area contributed by atoms with Crippen LogP contribution >= 0.6 is 23.2 Å². The van der Waals surface area contributed by atoms with Gasteiger partial charge in [0.1, 0.15) is 5.67 Å². The fourth-order valence-electron chi connectivity index (χ4n) is 2.15. The average molecular weight is 262 g/mol. The van der Waals surface area contributed by atoms with Crippen molar-refractivity contribution in [1.82, 2.24) is 5.32 Å². The molecule has 88 valence electrons. The highest BCUT2D eigenvalue weighted by molar-refractivity contribution is 6.42. The summed E-state index contributed by atoms with van der Waals surface area (Å²) in [6, 6.07) is 5.18. The Morgan fingerprint density at radius 1 is 1.19 bits per heavy atom. The molecule has 1 heterocycles. The Hall–Kier alpha value is -0.310. The van der Waals surface area contributed by atoms with E-state index >= 15 is 0 Å². The van der Waals surface area contributed by atoms with Crippen molar-refractivity contribution in [3.05, 3.63) is 33.8 Å². The minimum absolute atomic E-state index is 0.355. The molecule has 1 nitrogen and oxygen atoms in total. The fourth-order valence-corrected chi connectivity index (χ4v) is 2.62. The molecular formula is C12H14Cl2FN. The van der Waals surface area contributed by atoms with Gasteiger partial charge in [-0.3, -0.25) is 0 Å². The molecule has 0 aliphatic carbocycles. The predicted octanol–water partition coefficient (Wildman–Crippen LogP) is 3.93. The molecule has 0 radical (unpaired) electrons. The van der Waals surface area contributed by atoms with Crippen molar-refractivity contribution >= 4 is 23.2 Å². The van der Waals surface area contributed by atoms with Gasteiger partial charge in [0.2, 0.25) is 0 Å². The third-order valence-electron chi connectivity index (χ3n) is 3.06. The van der Waals surface area contributed by atoms with E-state index in [-0.39, 0.29) is 0 Å². The molecule has 16 heavy (non-hydrogen) atoms. The van der Waals surface area contributed by atoms with Gasteiger partial charge >= 0.3 is 0 Å². The van der Waals surface area contributed by atoms with Gasteiger partial charge in [-0.25, -0.2) is 4.39 Å². The lowest BCUT2D eigenvalue weighted by atomic mass is 9.88. The number of halogens is 3. The molecule has 4 heteroatoms. The Morgan fingerprint density at radius 2 is 2.00 bits per heavy atom. The topological polar surface area (TPSA) is 12.0 Å².